The molecular weight excluding hydrogens is 356 g/mol. The zero-order valence-electron chi connectivity index (χ0n) is 16.4. The third-order valence-corrected chi connectivity index (χ3v) is 6.25. The van der Waals surface area contributed by atoms with Gasteiger partial charge in [0.25, 0.3) is 5.91 Å². The Bertz CT molecular complexity index is 782. The average molecular weight is 384 g/mol. The molecule has 1 aliphatic carbocycles. The van der Waals surface area contributed by atoms with E-state index in [1.807, 2.05) is 24.3 Å². The van der Waals surface area contributed by atoms with Crippen molar-refractivity contribution in [3.05, 3.63) is 24.3 Å². The lowest BCUT2D eigenvalue weighted by Crippen LogP contribution is -2.48. The van der Waals surface area contributed by atoms with Crippen LogP contribution < -0.4 is 15.5 Å². The second-order valence-corrected chi connectivity index (χ2v) is 8.16. The van der Waals surface area contributed by atoms with E-state index in [4.69, 9.17) is 0 Å². The number of urea groups is 1. The minimum Gasteiger partial charge on any atom is -0.371 e. The fourth-order valence-corrected chi connectivity index (χ4v) is 4.61. The van der Waals surface area contributed by atoms with Crippen molar-refractivity contribution >= 4 is 29.2 Å². The normalized spacial score (nSPS) is 22.5. The van der Waals surface area contributed by atoms with Gasteiger partial charge in [-0.3, -0.25) is 9.59 Å². The zero-order valence-corrected chi connectivity index (χ0v) is 16.4. The molecule has 0 aromatic heterocycles. The van der Waals surface area contributed by atoms with E-state index in [2.05, 4.69) is 15.5 Å². The SMILES string of the molecule is CC(C(=O)Nc1cccc(N2CCCCC2)c1)N1C(=O)NC2(CCCC2)C1=O. The molecule has 2 heterocycles. The van der Waals surface area contributed by atoms with Crippen molar-refractivity contribution in [2.45, 2.75) is 63.5 Å². The first-order valence-corrected chi connectivity index (χ1v) is 10.3. The van der Waals surface area contributed by atoms with Crippen molar-refractivity contribution in [2.24, 2.45) is 0 Å². The maximum absolute atomic E-state index is 12.9. The highest BCUT2D eigenvalue weighted by atomic mass is 16.2. The molecule has 1 saturated carbocycles. The number of nitrogens with one attached hydrogen (secondary N) is 2. The van der Waals surface area contributed by atoms with Crippen molar-refractivity contribution < 1.29 is 14.4 Å². The van der Waals surface area contributed by atoms with E-state index in [9.17, 15) is 14.4 Å². The molecule has 1 spiro atoms. The fourth-order valence-electron chi connectivity index (χ4n) is 4.61. The number of imide groups is 1. The van der Waals surface area contributed by atoms with Gasteiger partial charge in [0.05, 0.1) is 0 Å². The van der Waals surface area contributed by atoms with Crippen LogP contribution in [0.3, 0.4) is 0 Å². The summed E-state index contributed by atoms with van der Waals surface area (Å²) in [6.07, 6.45) is 6.77. The Morgan fingerprint density at radius 1 is 1.11 bits per heavy atom. The fraction of sp³-hybridized carbons (Fsp3) is 0.571. The van der Waals surface area contributed by atoms with Gasteiger partial charge in [-0.25, -0.2) is 9.69 Å². The first kappa shape index (κ1) is 18.8. The van der Waals surface area contributed by atoms with Gasteiger partial charge in [0.1, 0.15) is 11.6 Å². The molecule has 7 heteroatoms. The summed E-state index contributed by atoms with van der Waals surface area (Å²) in [7, 11) is 0. The zero-order chi connectivity index (χ0) is 19.7. The maximum atomic E-state index is 12.9. The Labute approximate surface area is 165 Å². The smallest absolute Gasteiger partial charge is 0.325 e. The Balaban J connectivity index is 1.45. The van der Waals surface area contributed by atoms with Gasteiger partial charge in [-0.05, 0) is 57.2 Å². The summed E-state index contributed by atoms with van der Waals surface area (Å²) in [4.78, 5) is 41.5. The summed E-state index contributed by atoms with van der Waals surface area (Å²) in [6, 6.07) is 6.45. The third kappa shape index (κ3) is 3.34. The van der Waals surface area contributed by atoms with E-state index in [0.717, 1.165) is 36.5 Å². The quantitative estimate of drug-likeness (QED) is 0.782. The summed E-state index contributed by atoms with van der Waals surface area (Å²) < 4.78 is 0. The number of amides is 4. The molecule has 7 nitrogen and oxygen atoms in total. The van der Waals surface area contributed by atoms with E-state index in [1.54, 1.807) is 6.92 Å². The van der Waals surface area contributed by atoms with Gasteiger partial charge in [0.15, 0.2) is 0 Å². The van der Waals surface area contributed by atoms with E-state index in [1.165, 1.54) is 19.3 Å². The number of benzene rings is 1. The van der Waals surface area contributed by atoms with Crippen LogP contribution in [-0.2, 0) is 9.59 Å². The minimum absolute atomic E-state index is 0.264. The number of hydrogen-bond donors (Lipinski definition) is 2. The van der Waals surface area contributed by atoms with Crippen LogP contribution in [-0.4, -0.2) is 47.4 Å². The molecule has 3 fully saturated rings. The van der Waals surface area contributed by atoms with Crippen LogP contribution in [0.4, 0.5) is 16.2 Å². The Morgan fingerprint density at radius 2 is 1.82 bits per heavy atom. The van der Waals surface area contributed by atoms with Gasteiger partial charge in [-0.15, -0.1) is 0 Å². The topological polar surface area (TPSA) is 81.8 Å². The highest BCUT2D eigenvalue weighted by Crippen LogP contribution is 2.36. The molecule has 2 N–H and O–H groups in total. The number of rotatable bonds is 4. The molecule has 4 amide bonds. The second-order valence-electron chi connectivity index (χ2n) is 8.16. The van der Waals surface area contributed by atoms with Crippen LogP contribution >= 0.6 is 0 Å². The molecule has 150 valence electrons. The molecule has 1 aromatic carbocycles. The molecule has 2 aliphatic heterocycles. The van der Waals surface area contributed by atoms with E-state index >= 15 is 0 Å². The van der Waals surface area contributed by atoms with Crippen LogP contribution in [0.5, 0.6) is 0 Å². The lowest BCUT2D eigenvalue weighted by atomic mass is 9.97. The van der Waals surface area contributed by atoms with Crippen LogP contribution in [0.25, 0.3) is 0 Å². The van der Waals surface area contributed by atoms with E-state index in [0.29, 0.717) is 18.5 Å². The monoisotopic (exact) mass is 384 g/mol. The average Bonchev–Trinajstić information content (AvgIpc) is 3.27. The lowest BCUT2D eigenvalue weighted by molar-refractivity contribution is -0.136. The van der Waals surface area contributed by atoms with Crippen molar-refractivity contribution in [1.29, 1.82) is 0 Å². The van der Waals surface area contributed by atoms with Crippen LogP contribution in [0.15, 0.2) is 24.3 Å². The summed E-state index contributed by atoms with van der Waals surface area (Å²) in [6.45, 7) is 3.66. The molecular formula is C21H28N4O3. The molecule has 1 atom stereocenters. The molecule has 1 aromatic rings. The van der Waals surface area contributed by atoms with Crippen molar-refractivity contribution in [2.75, 3.05) is 23.3 Å². The molecule has 0 radical (unpaired) electrons. The molecule has 28 heavy (non-hydrogen) atoms. The molecule has 1 unspecified atom stereocenters. The summed E-state index contributed by atoms with van der Waals surface area (Å²) in [5, 5.41) is 5.71. The Kier molecular flexibility index (Phi) is 5.00. The number of nitrogens with zero attached hydrogens (tertiary/aromatic N) is 2. The summed E-state index contributed by atoms with van der Waals surface area (Å²) in [5.41, 5.74) is 0.979. The lowest BCUT2D eigenvalue weighted by Gasteiger charge is -2.29. The van der Waals surface area contributed by atoms with Crippen LogP contribution in [0, 0.1) is 0 Å². The number of hydrogen-bond acceptors (Lipinski definition) is 4. The molecule has 2 saturated heterocycles. The van der Waals surface area contributed by atoms with Gasteiger partial charge < -0.3 is 15.5 Å². The van der Waals surface area contributed by atoms with Crippen LogP contribution in [0.2, 0.25) is 0 Å². The van der Waals surface area contributed by atoms with E-state index < -0.39 is 17.6 Å². The van der Waals surface area contributed by atoms with Crippen molar-refractivity contribution in [3.8, 4) is 0 Å². The first-order chi connectivity index (χ1) is 13.5. The van der Waals surface area contributed by atoms with Gasteiger partial charge in [0, 0.05) is 24.5 Å². The predicted molar refractivity (Wildman–Crippen MR) is 107 cm³/mol. The highest BCUT2D eigenvalue weighted by molar-refractivity contribution is 6.11. The van der Waals surface area contributed by atoms with Crippen molar-refractivity contribution in [3.63, 3.8) is 0 Å². The van der Waals surface area contributed by atoms with Crippen molar-refractivity contribution in [1.82, 2.24) is 10.2 Å². The second kappa shape index (κ2) is 7.45. The van der Waals surface area contributed by atoms with Gasteiger partial charge in [0.2, 0.25) is 5.91 Å². The van der Waals surface area contributed by atoms with E-state index in [-0.39, 0.29) is 11.8 Å². The Hall–Kier alpha value is -2.57. The Morgan fingerprint density at radius 3 is 2.54 bits per heavy atom. The number of anilines is 2. The van der Waals surface area contributed by atoms with Gasteiger partial charge >= 0.3 is 6.03 Å². The van der Waals surface area contributed by atoms with Gasteiger partial charge in [-0.2, -0.15) is 0 Å². The van der Waals surface area contributed by atoms with Gasteiger partial charge in [-0.1, -0.05) is 18.9 Å². The van der Waals surface area contributed by atoms with Crippen LogP contribution in [0.1, 0.15) is 51.9 Å². The largest absolute Gasteiger partial charge is 0.371 e. The maximum Gasteiger partial charge on any atom is 0.325 e. The number of piperidine rings is 1. The molecule has 0 bridgehead atoms. The first-order valence-electron chi connectivity index (χ1n) is 10.3. The summed E-state index contributed by atoms with van der Waals surface area (Å²) in [5.74, 6) is -0.617. The number of carbonyl (C=O) groups excluding carboxylic acids is 3. The summed E-state index contributed by atoms with van der Waals surface area (Å²) >= 11 is 0. The minimum atomic E-state index is -0.855. The standard InChI is InChI=1S/C21H28N4O3/c1-15(25-19(27)21(23-20(25)28)10-3-4-11-21)18(26)22-16-8-7-9-17(14-16)24-12-5-2-6-13-24/h7-9,14-15H,2-6,10-13H2,1H3,(H,22,26)(H,23,28). The highest BCUT2D eigenvalue weighted by Gasteiger charge is 2.54. The molecule has 3 aliphatic rings. The predicted octanol–water partition coefficient (Wildman–Crippen LogP) is 2.87. The number of carbonyl (C=O) groups is 3. The third-order valence-electron chi connectivity index (χ3n) is 6.25. The molecule has 4 rings (SSSR count).